The summed E-state index contributed by atoms with van der Waals surface area (Å²) in [5.74, 6) is 1.22. The first kappa shape index (κ1) is 34.1. The van der Waals surface area contributed by atoms with Crippen molar-refractivity contribution in [3.63, 3.8) is 0 Å². The van der Waals surface area contributed by atoms with Gasteiger partial charge in [-0.2, -0.15) is 0 Å². The lowest BCUT2D eigenvalue weighted by Crippen LogP contribution is -2.22. The molecule has 2 aromatic carbocycles. The smallest absolute Gasteiger partial charge is 0.263 e. The second-order valence-corrected chi connectivity index (χ2v) is 13.3. The monoisotopic (exact) mass is 682 g/mol. The molecule has 0 saturated carbocycles. The van der Waals surface area contributed by atoms with Gasteiger partial charge in [-0.3, -0.25) is 9.59 Å². The fourth-order valence-corrected chi connectivity index (χ4v) is 7.55. The Labute approximate surface area is 287 Å². The number of thiophene rings is 2. The van der Waals surface area contributed by atoms with Crippen molar-refractivity contribution in [3.8, 4) is 11.5 Å². The highest BCUT2D eigenvalue weighted by molar-refractivity contribution is 7.21. The van der Waals surface area contributed by atoms with Crippen LogP contribution in [0.1, 0.15) is 53.0 Å². The number of nitrogens with two attached hydrogens (primary N) is 2. The first-order valence-corrected chi connectivity index (χ1v) is 16.8. The van der Waals surface area contributed by atoms with E-state index in [1.807, 2.05) is 88.4 Å². The van der Waals surface area contributed by atoms with Gasteiger partial charge in [-0.05, 0) is 86.3 Å². The van der Waals surface area contributed by atoms with Crippen LogP contribution in [0.15, 0.2) is 60.7 Å². The van der Waals surface area contributed by atoms with Gasteiger partial charge in [0.2, 0.25) is 0 Å². The van der Waals surface area contributed by atoms with Gasteiger partial charge in [-0.15, -0.1) is 22.7 Å². The van der Waals surface area contributed by atoms with Crippen molar-refractivity contribution in [2.45, 2.75) is 40.8 Å². The van der Waals surface area contributed by atoms with Crippen LogP contribution in [-0.2, 0) is 13.1 Å². The molecule has 0 spiro atoms. The molecule has 12 heteroatoms. The van der Waals surface area contributed by atoms with Crippen LogP contribution in [0.3, 0.4) is 0 Å². The highest BCUT2D eigenvalue weighted by Crippen LogP contribution is 2.36. The highest BCUT2D eigenvalue weighted by Gasteiger charge is 2.20. The van der Waals surface area contributed by atoms with Gasteiger partial charge in [0.1, 0.15) is 30.9 Å². The SMILES string of the molecule is COc1ccc(CNC(=O)c2sc3nc(C)cc(C)c3c2N)cc1.COc1ccc(CNC(=O)c2sc3nc(C)cc(C)c3c2N)cc1. The van der Waals surface area contributed by atoms with Crippen molar-refractivity contribution < 1.29 is 19.1 Å². The quantitative estimate of drug-likeness (QED) is 0.136. The van der Waals surface area contributed by atoms with Crippen LogP contribution in [0.5, 0.6) is 11.5 Å². The van der Waals surface area contributed by atoms with Gasteiger partial charge >= 0.3 is 0 Å². The van der Waals surface area contributed by atoms with Crippen molar-refractivity contribution in [2.24, 2.45) is 0 Å². The lowest BCUT2D eigenvalue weighted by molar-refractivity contribution is 0.0947. The molecule has 0 atom stereocenters. The Morgan fingerprint density at radius 2 is 1.00 bits per heavy atom. The molecule has 0 aliphatic heterocycles. The average Bonchev–Trinajstić information content (AvgIpc) is 3.59. The maximum absolute atomic E-state index is 12.5. The fraction of sp³-hybridized carbons (Fsp3) is 0.222. The van der Waals surface area contributed by atoms with Crippen LogP contribution in [0.2, 0.25) is 0 Å². The first-order chi connectivity index (χ1) is 23.0. The van der Waals surface area contributed by atoms with Gasteiger partial charge in [-0.1, -0.05) is 24.3 Å². The van der Waals surface area contributed by atoms with E-state index in [1.54, 1.807) is 14.2 Å². The molecule has 4 aromatic heterocycles. The number of hydrogen-bond acceptors (Lipinski definition) is 10. The third-order valence-corrected chi connectivity index (χ3v) is 9.88. The summed E-state index contributed by atoms with van der Waals surface area (Å²) in [6.45, 7) is 8.71. The van der Waals surface area contributed by atoms with Crippen LogP contribution in [-0.4, -0.2) is 36.0 Å². The van der Waals surface area contributed by atoms with Gasteiger partial charge in [0.25, 0.3) is 11.8 Å². The zero-order valence-corrected chi connectivity index (χ0v) is 29.3. The predicted octanol–water partition coefficient (Wildman–Crippen LogP) is 6.87. The van der Waals surface area contributed by atoms with E-state index in [2.05, 4.69) is 20.6 Å². The minimum Gasteiger partial charge on any atom is -0.497 e. The van der Waals surface area contributed by atoms with Crippen molar-refractivity contribution in [3.05, 3.63) is 104 Å². The normalized spacial score (nSPS) is 10.8. The zero-order chi connectivity index (χ0) is 34.5. The Morgan fingerprint density at radius 1 is 0.646 bits per heavy atom. The summed E-state index contributed by atoms with van der Waals surface area (Å²) in [6, 6.07) is 19.1. The van der Waals surface area contributed by atoms with Crippen molar-refractivity contribution in [2.75, 3.05) is 25.7 Å². The maximum atomic E-state index is 12.5. The molecular formula is C36H38N6O4S2. The molecule has 0 bridgehead atoms. The van der Waals surface area contributed by atoms with Crippen molar-refractivity contribution in [1.29, 1.82) is 0 Å². The molecule has 48 heavy (non-hydrogen) atoms. The number of ether oxygens (including phenoxy) is 2. The number of nitrogens with one attached hydrogen (secondary N) is 2. The molecule has 248 valence electrons. The topological polar surface area (TPSA) is 154 Å². The molecule has 0 aliphatic carbocycles. The number of nitrogen functional groups attached to an aromatic ring is 2. The third-order valence-electron chi connectivity index (χ3n) is 7.69. The molecule has 0 aliphatic rings. The van der Waals surface area contributed by atoms with E-state index in [0.29, 0.717) is 34.2 Å². The lowest BCUT2D eigenvalue weighted by atomic mass is 10.1. The number of methoxy groups -OCH3 is 2. The van der Waals surface area contributed by atoms with E-state index in [4.69, 9.17) is 20.9 Å². The summed E-state index contributed by atoms with van der Waals surface area (Å²) in [7, 11) is 3.25. The van der Waals surface area contributed by atoms with Crippen molar-refractivity contribution >= 4 is 66.3 Å². The third kappa shape index (κ3) is 7.50. The highest BCUT2D eigenvalue weighted by atomic mass is 32.1. The van der Waals surface area contributed by atoms with Crippen LogP contribution in [0.25, 0.3) is 20.4 Å². The van der Waals surface area contributed by atoms with E-state index >= 15 is 0 Å². The minimum atomic E-state index is -0.177. The van der Waals surface area contributed by atoms with Gasteiger partial charge in [-0.25, -0.2) is 9.97 Å². The number of carbonyl (C=O) groups excluding carboxylic acids is 2. The van der Waals surface area contributed by atoms with Crippen molar-refractivity contribution in [1.82, 2.24) is 20.6 Å². The van der Waals surface area contributed by atoms with E-state index in [9.17, 15) is 9.59 Å². The summed E-state index contributed by atoms with van der Waals surface area (Å²) < 4.78 is 10.3. The van der Waals surface area contributed by atoms with Gasteiger partial charge in [0.05, 0.1) is 25.6 Å². The van der Waals surface area contributed by atoms with Crippen LogP contribution < -0.4 is 31.6 Å². The Balaban J connectivity index is 0.000000188. The van der Waals surface area contributed by atoms with Gasteiger partial charge in [0.15, 0.2) is 0 Å². The summed E-state index contributed by atoms with van der Waals surface area (Å²) in [5, 5.41) is 7.57. The number of rotatable bonds is 8. The molecule has 6 aromatic rings. The number of hydrogen-bond donors (Lipinski definition) is 4. The number of benzene rings is 2. The summed E-state index contributed by atoms with van der Waals surface area (Å²) >= 11 is 2.67. The molecular weight excluding hydrogens is 645 g/mol. The second-order valence-electron chi connectivity index (χ2n) is 11.3. The molecule has 0 radical (unpaired) electrons. The van der Waals surface area contributed by atoms with E-state index < -0.39 is 0 Å². The molecule has 6 N–H and O–H groups in total. The lowest BCUT2D eigenvalue weighted by Gasteiger charge is -2.06. The number of aryl methyl sites for hydroxylation is 4. The molecule has 0 saturated heterocycles. The largest absolute Gasteiger partial charge is 0.497 e. The molecule has 0 fully saturated rings. The fourth-order valence-electron chi connectivity index (χ4n) is 5.29. The van der Waals surface area contributed by atoms with Gasteiger partial charge < -0.3 is 31.6 Å². The first-order valence-electron chi connectivity index (χ1n) is 15.1. The number of pyridine rings is 2. The molecule has 2 amide bonds. The zero-order valence-electron chi connectivity index (χ0n) is 27.7. The maximum Gasteiger partial charge on any atom is 0.263 e. The number of carbonyl (C=O) groups is 2. The molecule has 4 heterocycles. The summed E-state index contributed by atoms with van der Waals surface area (Å²) in [6.07, 6.45) is 0. The number of anilines is 2. The Bertz CT molecular complexity index is 1950. The Kier molecular flexibility index (Phi) is 10.5. The van der Waals surface area contributed by atoms with Gasteiger partial charge in [0, 0.05) is 35.2 Å². The second kappa shape index (κ2) is 14.7. The summed E-state index contributed by atoms with van der Waals surface area (Å²) in [5.41, 5.74) is 19.3. The standard InChI is InChI=1S/2C18H19N3O2S/c2*1-10-8-11(2)21-18-14(10)15(19)16(24-18)17(22)20-9-12-4-6-13(23-3)7-5-12/h2*4-8H,9,19H2,1-3H3,(H,20,22). The van der Waals surface area contributed by atoms with E-state index in [-0.39, 0.29) is 11.8 Å². The number of nitrogens with zero attached hydrogens (tertiary/aromatic N) is 2. The van der Waals surface area contributed by atoms with E-state index in [1.165, 1.54) is 22.7 Å². The van der Waals surface area contributed by atoms with Crippen LogP contribution in [0.4, 0.5) is 11.4 Å². The Morgan fingerprint density at radius 3 is 1.33 bits per heavy atom. The Hall–Kier alpha value is -5.20. The van der Waals surface area contributed by atoms with E-state index in [0.717, 1.165) is 65.6 Å². The number of fused-ring (bicyclic) bond motifs is 2. The van der Waals surface area contributed by atoms with Crippen LogP contribution in [0, 0.1) is 27.7 Å². The predicted molar refractivity (Wildman–Crippen MR) is 195 cm³/mol. The molecule has 6 rings (SSSR count). The number of amides is 2. The molecule has 10 nitrogen and oxygen atoms in total. The van der Waals surface area contributed by atoms with Crippen LogP contribution >= 0.6 is 22.7 Å². The summed E-state index contributed by atoms with van der Waals surface area (Å²) in [4.78, 5) is 36.6. The minimum absolute atomic E-state index is 0.177. The number of aromatic nitrogens is 2. The average molecular weight is 683 g/mol. The molecule has 0 unspecified atom stereocenters.